The minimum Gasteiger partial charge on any atom is -0.390 e. The zero-order valence-corrected chi connectivity index (χ0v) is 8.93. The maximum Gasteiger partial charge on any atom is 0.0592 e. The fourth-order valence-electron chi connectivity index (χ4n) is 1.28. The van der Waals surface area contributed by atoms with Crippen molar-refractivity contribution < 1.29 is 5.11 Å². The molecule has 0 spiro atoms. The smallest absolute Gasteiger partial charge is 0.0592 e. The van der Waals surface area contributed by atoms with Crippen molar-refractivity contribution in [1.82, 2.24) is 4.90 Å². The summed E-state index contributed by atoms with van der Waals surface area (Å²) in [6, 6.07) is 0. The summed E-state index contributed by atoms with van der Waals surface area (Å²) in [5.74, 6) is 0. The summed E-state index contributed by atoms with van der Waals surface area (Å²) in [5, 5.41) is 9.46. The number of aliphatic hydroxyl groups is 1. The lowest BCUT2D eigenvalue weighted by Gasteiger charge is -2.21. The van der Waals surface area contributed by atoms with Gasteiger partial charge in [0.25, 0.3) is 0 Å². The van der Waals surface area contributed by atoms with Crippen molar-refractivity contribution in [3.63, 3.8) is 0 Å². The van der Waals surface area contributed by atoms with Gasteiger partial charge in [-0.05, 0) is 46.3 Å². The van der Waals surface area contributed by atoms with Crippen LogP contribution in [0.1, 0.15) is 40.5 Å². The molecule has 0 aliphatic carbocycles. The van der Waals surface area contributed by atoms with Gasteiger partial charge in [-0.3, -0.25) is 0 Å². The third-order valence-electron chi connectivity index (χ3n) is 2.16. The number of hydrogen-bond acceptors (Lipinski definition) is 2. The van der Waals surface area contributed by atoms with Crippen LogP contribution in [-0.4, -0.2) is 35.2 Å². The lowest BCUT2D eigenvalue weighted by molar-refractivity contribution is 0.0653. The van der Waals surface area contributed by atoms with Gasteiger partial charge in [0.05, 0.1) is 5.60 Å². The number of hydrogen-bond donors (Lipinski definition) is 1. The molecule has 0 amide bonds. The first kappa shape index (κ1) is 11.9. The molecule has 0 rings (SSSR count). The van der Waals surface area contributed by atoms with Gasteiger partial charge in [0, 0.05) is 0 Å². The average Bonchev–Trinajstić information content (AvgIpc) is 1.96. The van der Waals surface area contributed by atoms with E-state index in [0.29, 0.717) is 0 Å². The zero-order valence-electron chi connectivity index (χ0n) is 8.93. The highest BCUT2D eigenvalue weighted by atomic mass is 16.3. The Kier molecular flexibility index (Phi) is 5.51. The van der Waals surface area contributed by atoms with Gasteiger partial charge in [-0.2, -0.15) is 0 Å². The summed E-state index contributed by atoms with van der Waals surface area (Å²) in [6.45, 7) is 11.4. The van der Waals surface area contributed by atoms with Crippen LogP contribution in [0.5, 0.6) is 0 Å². The molecule has 1 N–H and O–H groups in total. The van der Waals surface area contributed by atoms with Gasteiger partial charge in [-0.1, -0.05) is 13.8 Å². The Morgan fingerprint density at radius 1 is 1.17 bits per heavy atom. The van der Waals surface area contributed by atoms with Crippen molar-refractivity contribution in [3.8, 4) is 0 Å². The van der Waals surface area contributed by atoms with E-state index in [4.69, 9.17) is 0 Å². The van der Waals surface area contributed by atoms with Crippen LogP contribution in [0.25, 0.3) is 0 Å². The molecule has 0 aromatic rings. The van der Waals surface area contributed by atoms with E-state index in [9.17, 15) is 5.11 Å². The molecule has 0 aromatic heterocycles. The number of nitrogens with zero attached hydrogens (tertiary/aromatic N) is 1. The Hall–Kier alpha value is -0.0800. The van der Waals surface area contributed by atoms with E-state index in [-0.39, 0.29) is 0 Å². The molecule has 2 nitrogen and oxygen atoms in total. The van der Waals surface area contributed by atoms with Crippen LogP contribution in [-0.2, 0) is 0 Å². The summed E-state index contributed by atoms with van der Waals surface area (Å²) in [5.41, 5.74) is -0.493. The summed E-state index contributed by atoms with van der Waals surface area (Å²) in [6.07, 6.45) is 1.98. The minimum absolute atomic E-state index is 0.493. The molecule has 74 valence electrons. The first-order valence-electron chi connectivity index (χ1n) is 4.94. The fourth-order valence-corrected chi connectivity index (χ4v) is 1.28. The van der Waals surface area contributed by atoms with E-state index < -0.39 is 5.60 Å². The standard InChI is InChI=1S/C10H23NO/c1-5-11(6-2)9-7-8-10(3,4)12/h12H,5-9H2,1-4H3. The molecule has 0 aliphatic heterocycles. The summed E-state index contributed by atoms with van der Waals surface area (Å²) in [4.78, 5) is 2.38. The van der Waals surface area contributed by atoms with Crippen LogP contribution in [0.15, 0.2) is 0 Å². The van der Waals surface area contributed by atoms with Crippen molar-refractivity contribution in [3.05, 3.63) is 0 Å². The molecule has 12 heavy (non-hydrogen) atoms. The van der Waals surface area contributed by atoms with Crippen molar-refractivity contribution in [2.75, 3.05) is 19.6 Å². The van der Waals surface area contributed by atoms with E-state index in [1.165, 1.54) is 0 Å². The predicted molar refractivity (Wildman–Crippen MR) is 53.3 cm³/mol. The van der Waals surface area contributed by atoms with Gasteiger partial charge >= 0.3 is 0 Å². The fraction of sp³-hybridized carbons (Fsp3) is 1.00. The topological polar surface area (TPSA) is 23.5 Å². The van der Waals surface area contributed by atoms with Crippen LogP contribution in [0.3, 0.4) is 0 Å². The first-order chi connectivity index (χ1) is 5.49. The quantitative estimate of drug-likeness (QED) is 0.663. The second-order valence-electron chi connectivity index (χ2n) is 3.94. The molecule has 0 fully saturated rings. The molecule has 0 aromatic carbocycles. The molecular weight excluding hydrogens is 150 g/mol. The minimum atomic E-state index is -0.493. The van der Waals surface area contributed by atoms with Crippen molar-refractivity contribution in [2.24, 2.45) is 0 Å². The number of rotatable bonds is 6. The largest absolute Gasteiger partial charge is 0.390 e. The Balaban J connectivity index is 3.41. The van der Waals surface area contributed by atoms with E-state index >= 15 is 0 Å². The highest BCUT2D eigenvalue weighted by Gasteiger charge is 2.11. The average molecular weight is 173 g/mol. The monoisotopic (exact) mass is 173 g/mol. The third kappa shape index (κ3) is 6.62. The van der Waals surface area contributed by atoms with Gasteiger partial charge in [0.1, 0.15) is 0 Å². The molecule has 0 unspecified atom stereocenters. The van der Waals surface area contributed by atoms with E-state index in [1.807, 2.05) is 13.8 Å². The normalized spacial score (nSPS) is 12.5. The molecule has 0 saturated carbocycles. The van der Waals surface area contributed by atoms with Crippen molar-refractivity contribution in [2.45, 2.75) is 46.1 Å². The third-order valence-corrected chi connectivity index (χ3v) is 2.16. The maximum atomic E-state index is 9.46. The van der Waals surface area contributed by atoms with Crippen LogP contribution in [0, 0.1) is 0 Å². The molecule has 0 radical (unpaired) electrons. The van der Waals surface area contributed by atoms with Crippen molar-refractivity contribution in [1.29, 1.82) is 0 Å². The predicted octanol–water partition coefficient (Wildman–Crippen LogP) is 1.88. The van der Waals surface area contributed by atoms with Crippen LogP contribution in [0.2, 0.25) is 0 Å². The van der Waals surface area contributed by atoms with E-state index in [1.54, 1.807) is 0 Å². The summed E-state index contributed by atoms with van der Waals surface area (Å²) < 4.78 is 0. The molecule has 0 saturated heterocycles. The van der Waals surface area contributed by atoms with Gasteiger partial charge in [-0.25, -0.2) is 0 Å². The SMILES string of the molecule is CCN(CC)CCCC(C)(C)O. The van der Waals surface area contributed by atoms with Gasteiger partial charge in [0.2, 0.25) is 0 Å². The molecule has 0 bridgehead atoms. The highest BCUT2D eigenvalue weighted by Crippen LogP contribution is 2.10. The Labute approximate surface area is 76.6 Å². The molecular formula is C10H23NO. The van der Waals surface area contributed by atoms with Crippen LogP contribution < -0.4 is 0 Å². The molecule has 0 heterocycles. The lowest BCUT2D eigenvalue weighted by Crippen LogP contribution is -2.26. The second kappa shape index (κ2) is 5.55. The Morgan fingerprint density at radius 3 is 2.00 bits per heavy atom. The van der Waals surface area contributed by atoms with Crippen LogP contribution in [0.4, 0.5) is 0 Å². The second-order valence-corrected chi connectivity index (χ2v) is 3.94. The maximum absolute atomic E-state index is 9.46. The first-order valence-corrected chi connectivity index (χ1v) is 4.94. The Morgan fingerprint density at radius 2 is 1.67 bits per heavy atom. The van der Waals surface area contributed by atoms with E-state index in [2.05, 4.69) is 18.7 Å². The van der Waals surface area contributed by atoms with Crippen LogP contribution >= 0.6 is 0 Å². The summed E-state index contributed by atoms with van der Waals surface area (Å²) >= 11 is 0. The molecule has 0 aliphatic rings. The van der Waals surface area contributed by atoms with E-state index in [0.717, 1.165) is 32.5 Å². The van der Waals surface area contributed by atoms with Gasteiger partial charge < -0.3 is 10.0 Å². The van der Waals surface area contributed by atoms with Crippen molar-refractivity contribution >= 4 is 0 Å². The molecule has 0 atom stereocenters. The van der Waals surface area contributed by atoms with Gasteiger partial charge in [0.15, 0.2) is 0 Å². The van der Waals surface area contributed by atoms with Gasteiger partial charge in [-0.15, -0.1) is 0 Å². The summed E-state index contributed by atoms with van der Waals surface area (Å²) in [7, 11) is 0. The lowest BCUT2D eigenvalue weighted by atomic mass is 10.0. The Bertz CT molecular complexity index is 103. The highest BCUT2D eigenvalue weighted by molar-refractivity contribution is 4.65. The zero-order chi connectivity index (χ0) is 9.61. The molecule has 2 heteroatoms.